The molecule has 0 radical (unpaired) electrons. The molecule has 1 aromatic carbocycles. The van der Waals surface area contributed by atoms with E-state index in [1.165, 1.54) is 0 Å². The molecule has 0 saturated heterocycles. The molecular weight excluding hydrogens is 336 g/mol. The zero-order valence-corrected chi connectivity index (χ0v) is 13.2. The van der Waals surface area contributed by atoms with E-state index in [1.807, 2.05) is 0 Å². The zero-order valence-electron chi connectivity index (χ0n) is 11.6. The fourth-order valence-electron chi connectivity index (χ4n) is 2.67. The Balaban J connectivity index is 1.85. The molecule has 1 amide bonds. The van der Waals surface area contributed by atoms with Crippen LogP contribution in [0.15, 0.2) is 22.7 Å². The summed E-state index contributed by atoms with van der Waals surface area (Å²) >= 11 is 3.32. The summed E-state index contributed by atoms with van der Waals surface area (Å²) in [4.78, 5) is 23.0. The highest BCUT2D eigenvalue weighted by molar-refractivity contribution is 9.10. The number of carbonyl (C=O) groups is 2. The van der Waals surface area contributed by atoms with Gasteiger partial charge in [-0.25, -0.2) is 0 Å². The fraction of sp³-hybridized carbons (Fsp3) is 0.467. The van der Waals surface area contributed by atoms with Crippen LogP contribution in [0.4, 0.5) is 5.69 Å². The Morgan fingerprint density at radius 2 is 1.95 bits per heavy atom. The third-order valence-electron chi connectivity index (χ3n) is 4.01. The summed E-state index contributed by atoms with van der Waals surface area (Å²) in [6.07, 6.45) is 3.06. The number of amides is 1. The average molecular weight is 355 g/mol. The standard InChI is InChI=1S/C15H19BrN2O3/c16-11-5-6-13(17)12(7-11)14(19)18-8-9-1-3-10(4-2-9)15(20)21/h5-7,9-10H,1-4,8,17H2,(H,18,19)(H,20,21)/t9-,10-. The Morgan fingerprint density at radius 1 is 1.29 bits per heavy atom. The normalized spacial score (nSPS) is 21.8. The molecule has 4 N–H and O–H groups in total. The molecule has 114 valence electrons. The molecule has 2 rings (SSSR count). The Kier molecular flexibility index (Phi) is 5.22. The van der Waals surface area contributed by atoms with Crippen LogP contribution in [0.5, 0.6) is 0 Å². The maximum atomic E-state index is 12.1. The van der Waals surface area contributed by atoms with Crippen LogP contribution in [0.25, 0.3) is 0 Å². The molecule has 21 heavy (non-hydrogen) atoms. The minimum Gasteiger partial charge on any atom is -0.481 e. The highest BCUT2D eigenvalue weighted by Crippen LogP contribution is 2.28. The molecule has 1 aliphatic carbocycles. The SMILES string of the molecule is Nc1ccc(Br)cc1C(=O)NC[C@H]1CC[C@H](C(=O)O)CC1. The van der Waals surface area contributed by atoms with Gasteiger partial charge in [-0.15, -0.1) is 0 Å². The number of nitrogen functional groups attached to an aromatic ring is 1. The quantitative estimate of drug-likeness (QED) is 0.724. The first kappa shape index (κ1) is 15.8. The van der Waals surface area contributed by atoms with Crippen molar-refractivity contribution in [3.05, 3.63) is 28.2 Å². The number of benzene rings is 1. The van der Waals surface area contributed by atoms with Crippen molar-refractivity contribution in [1.29, 1.82) is 0 Å². The van der Waals surface area contributed by atoms with Crippen molar-refractivity contribution in [3.8, 4) is 0 Å². The summed E-state index contributed by atoms with van der Waals surface area (Å²) in [5, 5.41) is 11.9. The summed E-state index contributed by atoms with van der Waals surface area (Å²) < 4.78 is 0.809. The van der Waals surface area contributed by atoms with Crippen LogP contribution < -0.4 is 11.1 Å². The van der Waals surface area contributed by atoms with Crippen LogP contribution in [0.3, 0.4) is 0 Å². The van der Waals surface area contributed by atoms with Gasteiger partial charge >= 0.3 is 5.97 Å². The predicted molar refractivity (Wildman–Crippen MR) is 84.0 cm³/mol. The Labute approximate surface area is 132 Å². The van der Waals surface area contributed by atoms with Gasteiger partial charge < -0.3 is 16.2 Å². The number of aliphatic carboxylic acids is 1. The van der Waals surface area contributed by atoms with Crippen molar-refractivity contribution in [2.45, 2.75) is 25.7 Å². The summed E-state index contributed by atoms with van der Waals surface area (Å²) in [6.45, 7) is 0.567. The number of anilines is 1. The number of carboxylic acids is 1. The molecule has 0 aromatic heterocycles. The van der Waals surface area contributed by atoms with Crippen LogP contribution in [0, 0.1) is 11.8 Å². The lowest BCUT2D eigenvalue weighted by atomic mass is 9.82. The number of nitrogens with one attached hydrogen (secondary N) is 1. The molecular formula is C15H19BrN2O3. The molecule has 5 nitrogen and oxygen atoms in total. The summed E-state index contributed by atoms with van der Waals surface area (Å²) in [5.74, 6) is -0.774. The summed E-state index contributed by atoms with van der Waals surface area (Å²) in [6, 6.07) is 5.18. The lowest BCUT2D eigenvalue weighted by Crippen LogP contribution is -2.32. The van der Waals surface area contributed by atoms with Gasteiger partial charge in [-0.3, -0.25) is 9.59 Å². The second kappa shape index (κ2) is 6.93. The first-order valence-corrected chi connectivity index (χ1v) is 7.82. The van der Waals surface area contributed by atoms with Gasteiger partial charge in [-0.2, -0.15) is 0 Å². The molecule has 1 fully saturated rings. The predicted octanol–water partition coefficient (Wildman–Crippen LogP) is 2.65. The molecule has 0 bridgehead atoms. The monoisotopic (exact) mass is 354 g/mol. The first-order valence-electron chi connectivity index (χ1n) is 7.03. The van der Waals surface area contributed by atoms with E-state index in [-0.39, 0.29) is 11.8 Å². The summed E-state index contributed by atoms with van der Waals surface area (Å²) in [7, 11) is 0. The van der Waals surface area contributed by atoms with Gasteiger partial charge in [0.2, 0.25) is 0 Å². The van der Waals surface area contributed by atoms with Crippen molar-refractivity contribution < 1.29 is 14.7 Å². The number of carboxylic acid groups (broad SMARTS) is 1. The van der Waals surface area contributed by atoms with E-state index < -0.39 is 5.97 Å². The van der Waals surface area contributed by atoms with Crippen molar-refractivity contribution in [3.63, 3.8) is 0 Å². The molecule has 1 aromatic rings. The molecule has 1 saturated carbocycles. The van der Waals surface area contributed by atoms with E-state index in [9.17, 15) is 9.59 Å². The van der Waals surface area contributed by atoms with Crippen molar-refractivity contribution >= 4 is 33.5 Å². The largest absolute Gasteiger partial charge is 0.481 e. The highest BCUT2D eigenvalue weighted by atomic mass is 79.9. The topological polar surface area (TPSA) is 92.4 Å². The van der Waals surface area contributed by atoms with E-state index in [0.717, 1.165) is 17.3 Å². The summed E-state index contributed by atoms with van der Waals surface area (Å²) in [5.41, 5.74) is 6.71. The first-order chi connectivity index (χ1) is 9.97. The average Bonchev–Trinajstić information content (AvgIpc) is 2.47. The molecule has 6 heteroatoms. The van der Waals surface area contributed by atoms with Crippen molar-refractivity contribution in [1.82, 2.24) is 5.32 Å². The van der Waals surface area contributed by atoms with E-state index >= 15 is 0 Å². The van der Waals surface area contributed by atoms with E-state index in [1.54, 1.807) is 18.2 Å². The van der Waals surface area contributed by atoms with Crippen LogP contribution in [-0.4, -0.2) is 23.5 Å². The number of halogens is 1. The van der Waals surface area contributed by atoms with Crippen LogP contribution in [0.2, 0.25) is 0 Å². The molecule has 0 aliphatic heterocycles. The van der Waals surface area contributed by atoms with Gasteiger partial charge in [0.05, 0.1) is 11.5 Å². The van der Waals surface area contributed by atoms with Crippen LogP contribution in [-0.2, 0) is 4.79 Å². The Hall–Kier alpha value is -1.56. The third kappa shape index (κ3) is 4.20. The molecule has 1 aliphatic rings. The van der Waals surface area contributed by atoms with E-state index in [0.29, 0.717) is 36.6 Å². The number of nitrogens with two attached hydrogens (primary N) is 1. The Bertz CT molecular complexity index is 540. The zero-order chi connectivity index (χ0) is 15.4. The van der Waals surface area contributed by atoms with Crippen LogP contribution >= 0.6 is 15.9 Å². The minimum absolute atomic E-state index is 0.186. The molecule has 0 heterocycles. The second-order valence-corrected chi connectivity index (χ2v) is 6.41. The number of carbonyl (C=O) groups excluding carboxylic acids is 1. The second-order valence-electron chi connectivity index (χ2n) is 5.50. The van der Waals surface area contributed by atoms with Crippen molar-refractivity contribution in [2.24, 2.45) is 11.8 Å². The van der Waals surface area contributed by atoms with Gasteiger partial charge in [0.1, 0.15) is 0 Å². The lowest BCUT2D eigenvalue weighted by molar-refractivity contribution is -0.143. The highest BCUT2D eigenvalue weighted by Gasteiger charge is 2.26. The number of rotatable bonds is 4. The number of hydrogen-bond acceptors (Lipinski definition) is 3. The smallest absolute Gasteiger partial charge is 0.306 e. The van der Waals surface area contributed by atoms with Gasteiger partial charge in [0.25, 0.3) is 5.91 Å². The number of hydrogen-bond donors (Lipinski definition) is 3. The van der Waals surface area contributed by atoms with Gasteiger partial charge in [0.15, 0.2) is 0 Å². The van der Waals surface area contributed by atoms with E-state index in [2.05, 4.69) is 21.2 Å². The lowest BCUT2D eigenvalue weighted by Gasteiger charge is -2.26. The maximum Gasteiger partial charge on any atom is 0.306 e. The van der Waals surface area contributed by atoms with Gasteiger partial charge in [0, 0.05) is 16.7 Å². The van der Waals surface area contributed by atoms with Crippen molar-refractivity contribution in [2.75, 3.05) is 12.3 Å². The fourth-order valence-corrected chi connectivity index (χ4v) is 3.03. The molecule has 0 unspecified atom stereocenters. The Morgan fingerprint density at radius 3 is 2.57 bits per heavy atom. The molecule has 0 atom stereocenters. The van der Waals surface area contributed by atoms with Gasteiger partial charge in [-0.1, -0.05) is 15.9 Å². The van der Waals surface area contributed by atoms with E-state index in [4.69, 9.17) is 10.8 Å². The maximum absolute atomic E-state index is 12.1. The molecule has 0 spiro atoms. The third-order valence-corrected chi connectivity index (χ3v) is 4.50. The van der Waals surface area contributed by atoms with Crippen LogP contribution in [0.1, 0.15) is 36.0 Å². The minimum atomic E-state index is -0.709. The van der Waals surface area contributed by atoms with Gasteiger partial charge in [-0.05, 0) is 49.8 Å².